The fourth-order valence-corrected chi connectivity index (χ4v) is 6.51. The van der Waals surface area contributed by atoms with Crippen LogP contribution >= 0.6 is 0 Å². The molecule has 0 amide bonds. The Morgan fingerprint density at radius 2 is 1.16 bits per heavy atom. The van der Waals surface area contributed by atoms with Crippen LogP contribution in [0, 0.1) is 16.7 Å². The zero-order chi connectivity index (χ0) is 21.7. The molecule has 0 saturated heterocycles. The van der Waals surface area contributed by atoms with Crippen molar-refractivity contribution in [2.75, 3.05) is 0 Å². The number of carbonyl (C=O) groups is 1. The van der Waals surface area contributed by atoms with Crippen LogP contribution in [0.2, 0.25) is 0 Å². The topological polar surface area (TPSA) is 33.7 Å². The quantitative estimate of drug-likeness (QED) is 0.594. The highest BCUT2D eigenvalue weighted by Gasteiger charge is 2.69. The summed E-state index contributed by atoms with van der Waals surface area (Å²) < 4.78 is 0. The molecule has 0 aromatic heterocycles. The van der Waals surface area contributed by atoms with Gasteiger partial charge in [-0.15, -0.1) is 0 Å². The minimum atomic E-state index is -0.471. The third-order valence-corrected chi connectivity index (χ3v) is 8.70. The summed E-state index contributed by atoms with van der Waals surface area (Å²) in [6.07, 6.45) is 2.15. The summed E-state index contributed by atoms with van der Waals surface area (Å²) in [5.41, 5.74) is 2.97. The van der Waals surface area contributed by atoms with Gasteiger partial charge in [0, 0.05) is 28.0 Å². The number of ketones is 1. The first-order chi connectivity index (χ1) is 14.9. The van der Waals surface area contributed by atoms with Gasteiger partial charge in [-0.1, -0.05) is 112 Å². The van der Waals surface area contributed by atoms with Gasteiger partial charge in [0.05, 0.1) is 0 Å². The highest BCUT2D eigenvalue weighted by Crippen LogP contribution is 2.63. The van der Waals surface area contributed by atoms with E-state index in [0.29, 0.717) is 11.7 Å². The molecule has 0 spiro atoms. The molecule has 2 aliphatic rings. The van der Waals surface area contributed by atoms with Gasteiger partial charge < -0.3 is 5.32 Å². The average molecular weight is 411 g/mol. The number of quaternary nitrogens is 1. The second-order valence-electron chi connectivity index (χ2n) is 10.2. The van der Waals surface area contributed by atoms with Crippen molar-refractivity contribution >= 4 is 5.78 Å². The van der Waals surface area contributed by atoms with Crippen molar-refractivity contribution in [2.24, 2.45) is 16.7 Å². The maximum absolute atomic E-state index is 13.8. The lowest BCUT2D eigenvalue weighted by molar-refractivity contribution is -0.741. The number of carbonyl (C=O) groups excluding carboxylic acids is 1. The van der Waals surface area contributed by atoms with Gasteiger partial charge >= 0.3 is 0 Å². The van der Waals surface area contributed by atoms with E-state index in [0.717, 1.165) is 12.8 Å². The van der Waals surface area contributed by atoms with Gasteiger partial charge in [0.15, 0.2) is 17.4 Å². The second-order valence-corrected chi connectivity index (χ2v) is 10.2. The molecule has 0 radical (unpaired) electrons. The van der Waals surface area contributed by atoms with Crippen LogP contribution in [-0.4, -0.2) is 11.8 Å². The van der Waals surface area contributed by atoms with Crippen LogP contribution in [-0.2, 0) is 10.3 Å². The van der Waals surface area contributed by atoms with Gasteiger partial charge in [-0.2, -0.15) is 0 Å². The molecule has 2 bridgehead atoms. The number of benzene rings is 3. The summed E-state index contributed by atoms with van der Waals surface area (Å²) in [6.45, 7) is 6.83. The molecule has 0 heterocycles. The number of nitrogens with two attached hydrogens (primary N) is 1. The molecule has 2 fully saturated rings. The van der Waals surface area contributed by atoms with Crippen LogP contribution in [0.5, 0.6) is 0 Å². The lowest BCUT2D eigenvalue weighted by atomic mass is 9.70. The van der Waals surface area contributed by atoms with Crippen molar-refractivity contribution < 1.29 is 10.1 Å². The molecule has 0 aliphatic heterocycles. The number of fused-ring (bicyclic) bond motifs is 2. The third kappa shape index (κ3) is 2.78. The summed E-state index contributed by atoms with van der Waals surface area (Å²) in [5.74, 6) is 0.821. The van der Waals surface area contributed by atoms with E-state index in [1.165, 1.54) is 16.7 Å². The highest BCUT2D eigenvalue weighted by atomic mass is 16.1. The molecule has 3 aromatic rings. The molecule has 3 aromatic carbocycles. The Bertz CT molecular complexity index is 977. The number of hydrogen-bond donors (Lipinski definition) is 1. The molecule has 5 rings (SSSR count). The molecule has 2 aliphatic carbocycles. The van der Waals surface area contributed by atoms with Crippen LogP contribution in [0.4, 0.5) is 0 Å². The summed E-state index contributed by atoms with van der Waals surface area (Å²) in [5, 5.41) is 2.41. The second kappa shape index (κ2) is 7.17. The summed E-state index contributed by atoms with van der Waals surface area (Å²) in [7, 11) is 0. The van der Waals surface area contributed by atoms with E-state index < -0.39 is 5.54 Å². The molecule has 0 unspecified atom stereocenters. The molecular formula is C29H32NO+. The molecule has 3 atom stereocenters. The van der Waals surface area contributed by atoms with Crippen LogP contribution in [0.25, 0.3) is 0 Å². The largest absolute Gasteiger partial charge is 0.321 e. The van der Waals surface area contributed by atoms with E-state index in [2.05, 4.69) is 117 Å². The highest BCUT2D eigenvalue weighted by molar-refractivity contribution is 5.93. The molecular weight excluding hydrogens is 378 g/mol. The van der Waals surface area contributed by atoms with Crippen LogP contribution in [0.15, 0.2) is 91.0 Å². The number of hydrogen-bond acceptors (Lipinski definition) is 1. The summed E-state index contributed by atoms with van der Waals surface area (Å²) in [4.78, 5) is 13.8. The van der Waals surface area contributed by atoms with Crippen molar-refractivity contribution in [3.8, 4) is 0 Å². The van der Waals surface area contributed by atoms with E-state index in [-0.39, 0.29) is 16.9 Å². The third-order valence-electron chi connectivity index (χ3n) is 8.70. The smallest absolute Gasteiger partial charge is 0.196 e. The van der Waals surface area contributed by atoms with Crippen molar-refractivity contribution in [2.45, 2.75) is 45.2 Å². The Morgan fingerprint density at radius 1 is 0.742 bits per heavy atom. The number of rotatable bonds is 5. The molecule has 31 heavy (non-hydrogen) atoms. The van der Waals surface area contributed by atoms with E-state index in [9.17, 15) is 4.79 Å². The first kappa shape index (κ1) is 20.2. The van der Waals surface area contributed by atoms with E-state index in [1.54, 1.807) is 0 Å². The average Bonchev–Trinajstić information content (AvgIpc) is 3.12. The Labute approximate surface area is 185 Å². The SMILES string of the molecule is CC1(C)[C@@H]2CC[C@@]1(C)C(=O)[C@@H]2[NH2+]C(c1ccccc1)(c1ccccc1)c1ccccc1. The summed E-state index contributed by atoms with van der Waals surface area (Å²) in [6, 6.07) is 32.1. The zero-order valence-corrected chi connectivity index (χ0v) is 18.7. The van der Waals surface area contributed by atoms with Gasteiger partial charge in [0.1, 0.15) is 0 Å². The lowest BCUT2D eigenvalue weighted by Crippen LogP contribution is -3.02. The zero-order valence-electron chi connectivity index (χ0n) is 18.7. The lowest BCUT2D eigenvalue weighted by Gasteiger charge is -2.37. The van der Waals surface area contributed by atoms with Crippen molar-refractivity contribution in [1.29, 1.82) is 0 Å². The van der Waals surface area contributed by atoms with Gasteiger partial charge in [-0.3, -0.25) is 4.79 Å². The van der Waals surface area contributed by atoms with E-state index in [4.69, 9.17) is 0 Å². The van der Waals surface area contributed by atoms with E-state index >= 15 is 0 Å². The van der Waals surface area contributed by atoms with Gasteiger partial charge in [0.2, 0.25) is 0 Å². The van der Waals surface area contributed by atoms with Gasteiger partial charge in [-0.05, 0) is 18.3 Å². The fraction of sp³-hybridized carbons (Fsp3) is 0.345. The first-order valence-corrected chi connectivity index (χ1v) is 11.5. The predicted molar refractivity (Wildman–Crippen MR) is 125 cm³/mol. The minimum absolute atomic E-state index is 0.0288. The Balaban J connectivity index is 1.73. The predicted octanol–water partition coefficient (Wildman–Crippen LogP) is 4.94. The van der Waals surface area contributed by atoms with Crippen LogP contribution in [0.3, 0.4) is 0 Å². The van der Waals surface area contributed by atoms with Crippen LogP contribution < -0.4 is 5.32 Å². The van der Waals surface area contributed by atoms with Gasteiger partial charge in [0.25, 0.3) is 0 Å². The standard InChI is InChI=1S/C29H31NO/c1-27(2)24-19-20-28(27,3)26(31)25(24)30-29(21-13-7-4-8-14-21,22-15-9-5-10-16-22)23-17-11-6-12-18-23/h4-18,24-25,30H,19-20H2,1-3H3/p+1/t24-,25-,28+/m1/s1. The van der Waals surface area contributed by atoms with Gasteiger partial charge in [-0.25, -0.2) is 0 Å². The van der Waals surface area contributed by atoms with Crippen molar-refractivity contribution in [1.82, 2.24) is 0 Å². The normalized spacial score (nSPS) is 26.9. The fourth-order valence-electron chi connectivity index (χ4n) is 6.51. The van der Waals surface area contributed by atoms with Crippen molar-refractivity contribution in [3.05, 3.63) is 108 Å². The Kier molecular flexibility index (Phi) is 4.67. The molecule has 2 saturated carbocycles. The summed E-state index contributed by atoms with van der Waals surface area (Å²) >= 11 is 0. The monoisotopic (exact) mass is 410 g/mol. The number of Topliss-reactive ketones (excluding diaryl/α,β-unsaturated/α-hetero) is 1. The molecule has 2 N–H and O–H groups in total. The minimum Gasteiger partial charge on any atom is -0.321 e. The molecule has 158 valence electrons. The molecule has 2 heteroatoms. The Morgan fingerprint density at radius 3 is 1.52 bits per heavy atom. The maximum atomic E-state index is 13.8. The van der Waals surface area contributed by atoms with E-state index in [1.807, 2.05) is 0 Å². The molecule has 2 nitrogen and oxygen atoms in total. The van der Waals surface area contributed by atoms with Crippen molar-refractivity contribution in [3.63, 3.8) is 0 Å². The first-order valence-electron chi connectivity index (χ1n) is 11.5. The maximum Gasteiger partial charge on any atom is 0.196 e. The Hall–Kier alpha value is -2.71. The van der Waals surface area contributed by atoms with Crippen LogP contribution in [0.1, 0.15) is 50.3 Å².